The van der Waals surface area contributed by atoms with Gasteiger partial charge in [0.05, 0.1) is 5.71 Å². The average Bonchev–Trinajstić information content (AvgIpc) is 3.69. The quantitative estimate of drug-likeness (QED) is 0.167. The lowest BCUT2D eigenvalue weighted by Gasteiger charge is -2.33. The molecule has 0 amide bonds. The highest BCUT2D eigenvalue weighted by molar-refractivity contribution is 6.11. The summed E-state index contributed by atoms with van der Waals surface area (Å²) in [5.74, 6) is 0.733. The largest absolute Gasteiger partial charge is 0.456 e. The number of anilines is 2. The first kappa shape index (κ1) is 39.3. The van der Waals surface area contributed by atoms with Crippen LogP contribution in [0, 0.1) is 12.3 Å². The second-order valence-corrected chi connectivity index (χ2v) is 14.4. The number of rotatable bonds is 6. The molecule has 8 rings (SSSR count). The summed E-state index contributed by atoms with van der Waals surface area (Å²) in [6, 6.07) is 41.9. The zero-order valence-electron chi connectivity index (χ0n) is 33.6. The van der Waals surface area contributed by atoms with Gasteiger partial charge in [0.25, 0.3) is 0 Å². The van der Waals surface area contributed by atoms with Gasteiger partial charge in [0.1, 0.15) is 11.3 Å². The molecule has 4 nitrogen and oxygen atoms in total. The Morgan fingerprint density at radius 3 is 2.20 bits per heavy atom. The fourth-order valence-corrected chi connectivity index (χ4v) is 7.94. The van der Waals surface area contributed by atoms with Crippen molar-refractivity contribution in [2.45, 2.75) is 53.4 Å². The molecule has 1 aliphatic heterocycles. The highest BCUT2D eigenvalue weighted by atomic mass is 16.3. The molecular weight excluding hydrogens is 683 g/mol. The first-order valence-corrected chi connectivity index (χ1v) is 19.5. The van der Waals surface area contributed by atoms with Crippen molar-refractivity contribution >= 4 is 57.1 Å². The van der Waals surface area contributed by atoms with E-state index in [0.717, 1.165) is 52.0 Å². The Labute approximate surface area is 333 Å². The third-order valence-electron chi connectivity index (χ3n) is 10.6. The zero-order valence-corrected chi connectivity index (χ0v) is 33.6. The van der Waals surface area contributed by atoms with Crippen molar-refractivity contribution < 1.29 is 4.42 Å². The SMILES string of the molecule is C=C1C2=C(CCN(c3ccc(C)cc3)c3ccccc31)c1ccccc1C2(C)C.C=Cc1oc2cc(C(=N)/C=C(\N)c3ccccc3)ccc2c1/C=C\C.CC. The minimum atomic E-state index is -0.0256. The van der Waals surface area contributed by atoms with Gasteiger partial charge in [0.2, 0.25) is 0 Å². The fourth-order valence-electron chi connectivity index (χ4n) is 7.94. The van der Waals surface area contributed by atoms with Gasteiger partial charge in [-0.1, -0.05) is 150 Å². The molecule has 3 N–H and O–H groups in total. The van der Waals surface area contributed by atoms with Crippen molar-refractivity contribution in [1.29, 1.82) is 5.41 Å². The van der Waals surface area contributed by atoms with Gasteiger partial charge in [-0.05, 0) is 96.2 Å². The van der Waals surface area contributed by atoms with E-state index in [9.17, 15) is 0 Å². The molecule has 1 aliphatic carbocycles. The summed E-state index contributed by atoms with van der Waals surface area (Å²) < 4.78 is 5.86. The van der Waals surface area contributed by atoms with Crippen LogP contribution >= 0.6 is 0 Å². The first-order valence-electron chi connectivity index (χ1n) is 19.5. The molecule has 5 aromatic carbocycles. The van der Waals surface area contributed by atoms with Crippen molar-refractivity contribution in [3.05, 3.63) is 197 Å². The van der Waals surface area contributed by atoms with Crippen molar-refractivity contribution in [3.63, 3.8) is 0 Å². The fraction of sp³-hybridized carbons (Fsp3) is 0.173. The number of furan rings is 1. The third-order valence-corrected chi connectivity index (χ3v) is 10.6. The Bertz CT molecular complexity index is 2490. The minimum Gasteiger partial charge on any atom is -0.456 e. The topological polar surface area (TPSA) is 66.2 Å². The average molecular weight is 736 g/mol. The summed E-state index contributed by atoms with van der Waals surface area (Å²) in [4.78, 5) is 2.46. The van der Waals surface area contributed by atoms with Gasteiger partial charge in [-0.2, -0.15) is 0 Å². The van der Waals surface area contributed by atoms with Crippen LogP contribution in [0.5, 0.6) is 0 Å². The van der Waals surface area contributed by atoms with Crippen LogP contribution in [0.25, 0.3) is 40.0 Å². The van der Waals surface area contributed by atoms with Crippen molar-refractivity contribution in [2.75, 3.05) is 11.4 Å². The summed E-state index contributed by atoms with van der Waals surface area (Å²) in [6.45, 7) is 22.2. The molecular formula is C52H53N3O. The molecule has 0 fully saturated rings. The zero-order chi connectivity index (χ0) is 40.0. The molecule has 0 radical (unpaired) electrons. The van der Waals surface area contributed by atoms with E-state index in [1.54, 1.807) is 12.2 Å². The van der Waals surface area contributed by atoms with E-state index in [-0.39, 0.29) is 5.41 Å². The highest BCUT2D eigenvalue weighted by Gasteiger charge is 2.40. The number of nitrogens with one attached hydrogen (secondary N) is 1. The molecule has 0 bridgehead atoms. The Morgan fingerprint density at radius 2 is 1.50 bits per heavy atom. The number of fused-ring (bicyclic) bond motifs is 4. The van der Waals surface area contributed by atoms with Crippen LogP contribution in [-0.2, 0) is 5.41 Å². The molecule has 0 atom stereocenters. The summed E-state index contributed by atoms with van der Waals surface area (Å²) >= 11 is 0. The van der Waals surface area contributed by atoms with Gasteiger partial charge in [0.15, 0.2) is 0 Å². The minimum absolute atomic E-state index is 0.0256. The van der Waals surface area contributed by atoms with Gasteiger partial charge in [-0.25, -0.2) is 0 Å². The summed E-state index contributed by atoms with van der Waals surface area (Å²) in [5.41, 5.74) is 22.2. The molecule has 0 unspecified atom stereocenters. The van der Waals surface area contributed by atoms with Crippen LogP contribution in [0.4, 0.5) is 11.4 Å². The van der Waals surface area contributed by atoms with Gasteiger partial charge in [0, 0.05) is 51.1 Å². The van der Waals surface area contributed by atoms with Crippen molar-refractivity contribution in [1.82, 2.24) is 0 Å². The van der Waals surface area contributed by atoms with E-state index in [1.807, 2.05) is 81.5 Å². The monoisotopic (exact) mass is 735 g/mol. The predicted octanol–water partition coefficient (Wildman–Crippen LogP) is 13.8. The normalized spacial score (nSPS) is 14.4. The lowest BCUT2D eigenvalue weighted by Crippen LogP contribution is -2.24. The number of aryl methyl sites for hydroxylation is 1. The van der Waals surface area contributed by atoms with E-state index < -0.39 is 0 Å². The second kappa shape index (κ2) is 17.0. The standard InChI is InChI=1S/C28H27N.C22H20N2O.C2H6/c1-19-13-15-21(16-14-19)29-18-17-24-23-10-5-7-11-25(23)28(3,4)27(24)20(2)22-9-6-8-12-26(22)29;1-3-8-17-18-12-11-16(13-22(18)25-21(17)4-2)20(24)14-19(23)15-9-6-5-7-10-15;1-2/h5-16H,2,17-18H2,1,3-4H3;3-14,24H,2,23H2,1H3;1-2H3/b;8-3-,19-14-,24-20?;. The highest BCUT2D eigenvalue weighted by Crippen LogP contribution is 2.54. The smallest absolute Gasteiger partial charge is 0.136 e. The van der Waals surface area contributed by atoms with E-state index in [0.29, 0.717) is 11.4 Å². The van der Waals surface area contributed by atoms with E-state index in [2.05, 4.69) is 112 Å². The Hall–Kier alpha value is -6.39. The number of benzene rings is 5. The predicted molar refractivity (Wildman–Crippen MR) is 242 cm³/mol. The van der Waals surface area contributed by atoms with Gasteiger partial charge in [-0.15, -0.1) is 0 Å². The number of allylic oxidation sites excluding steroid dienone is 4. The maximum absolute atomic E-state index is 8.34. The maximum Gasteiger partial charge on any atom is 0.136 e. The Kier molecular flexibility index (Phi) is 11.9. The number of para-hydroxylation sites is 1. The Balaban J connectivity index is 0.000000184. The van der Waals surface area contributed by atoms with Crippen molar-refractivity contribution in [3.8, 4) is 0 Å². The lowest BCUT2D eigenvalue weighted by atomic mass is 9.76. The molecule has 2 aliphatic rings. The van der Waals surface area contributed by atoms with Crippen LogP contribution < -0.4 is 10.6 Å². The second-order valence-electron chi connectivity index (χ2n) is 14.4. The number of hydrogen-bond acceptors (Lipinski definition) is 4. The van der Waals surface area contributed by atoms with E-state index in [1.165, 1.54) is 44.8 Å². The molecule has 1 aromatic heterocycles. The van der Waals surface area contributed by atoms with Crippen LogP contribution in [-0.4, -0.2) is 12.3 Å². The molecule has 4 heteroatoms. The van der Waals surface area contributed by atoms with Crippen molar-refractivity contribution in [2.24, 2.45) is 5.73 Å². The molecule has 2 heterocycles. The maximum atomic E-state index is 8.34. The summed E-state index contributed by atoms with van der Waals surface area (Å²) in [6.07, 6.45) is 8.35. The summed E-state index contributed by atoms with van der Waals surface area (Å²) in [5, 5.41) is 9.34. The molecule has 56 heavy (non-hydrogen) atoms. The summed E-state index contributed by atoms with van der Waals surface area (Å²) in [7, 11) is 0. The van der Waals surface area contributed by atoms with E-state index in [4.69, 9.17) is 15.6 Å². The Morgan fingerprint density at radius 1 is 0.839 bits per heavy atom. The number of nitrogens with zero attached hydrogens (tertiary/aromatic N) is 1. The van der Waals surface area contributed by atoms with Crippen LogP contribution in [0.2, 0.25) is 0 Å². The first-order chi connectivity index (χ1) is 27.1. The van der Waals surface area contributed by atoms with Gasteiger partial charge in [-0.3, -0.25) is 0 Å². The van der Waals surface area contributed by atoms with Crippen LogP contribution in [0.15, 0.2) is 157 Å². The number of nitrogens with two attached hydrogens (primary N) is 1. The van der Waals surface area contributed by atoms with Crippen LogP contribution in [0.1, 0.15) is 85.7 Å². The lowest BCUT2D eigenvalue weighted by molar-refractivity contribution is 0.603. The van der Waals surface area contributed by atoms with Crippen LogP contribution in [0.3, 0.4) is 0 Å². The van der Waals surface area contributed by atoms with Gasteiger partial charge >= 0.3 is 0 Å². The third kappa shape index (κ3) is 7.61. The molecule has 6 aromatic rings. The van der Waals surface area contributed by atoms with E-state index >= 15 is 0 Å². The molecule has 282 valence electrons. The molecule has 0 saturated carbocycles. The van der Waals surface area contributed by atoms with Gasteiger partial charge < -0.3 is 20.5 Å². The molecule has 0 spiro atoms. The molecule has 0 saturated heterocycles. The number of hydrogen-bond donors (Lipinski definition) is 2.